The van der Waals surface area contributed by atoms with Crippen LogP contribution in [0.15, 0.2) is 24.3 Å². The Hall–Kier alpha value is -0.600. The van der Waals surface area contributed by atoms with Crippen molar-refractivity contribution in [2.75, 3.05) is 20.5 Å². The topological polar surface area (TPSA) is 18.5 Å². The Morgan fingerprint density at radius 1 is 0.538 bits per heavy atom. The number of hydrogen-bond acceptors (Lipinski definition) is 2. The summed E-state index contributed by atoms with van der Waals surface area (Å²) < 4.78 is 10.0. The van der Waals surface area contributed by atoms with Crippen LogP contribution in [0.1, 0.15) is 110 Å². The Morgan fingerprint density at radius 3 is 1.42 bits per heavy atom. The van der Waals surface area contributed by atoms with Gasteiger partial charge in [0.1, 0.15) is 6.79 Å². The average Bonchev–Trinajstić information content (AvgIpc) is 2.66. The summed E-state index contributed by atoms with van der Waals surface area (Å²) in [6, 6.07) is 0. The van der Waals surface area contributed by atoms with Gasteiger partial charge in [0.15, 0.2) is 0 Å². The van der Waals surface area contributed by atoms with Crippen molar-refractivity contribution in [3.8, 4) is 0 Å². The van der Waals surface area contributed by atoms with Gasteiger partial charge in [-0.2, -0.15) is 0 Å². The van der Waals surface area contributed by atoms with Crippen LogP contribution in [0.25, 0.3) is 0 Å². The number of methoxy groups -OCH3 is 1. The molecule has 0 rings (SSSR count). The average molecular weight is 367 g/mol. The lowest BCUT2D eigenvalue weighted by molar-refractivity contribution is -0.0186. The Kier molecular flexibility index (Phi) is 23.8. The smallest absolute Gasteiger partial charge is 0.146 e. The van der Waals surface area contributed by atoms with Crippen molar-refractivity contribution in [1.82, 2.24) is 0 Å². The first-order chi connectivity index (χ1) is 12.9. The van der Waals surface area contributed by atoms with Crippen LogP contribution < -0.4 is 0 Å². The van der Waals surface area contributed by atoms with Gasteiger partial charge < -0.3 is 9.47 Å². The zero-order valence-electron chi connectivity index (χ0n) is 17.9. The lowest BCUT2D eigenvalue weighted by Crippen LogP contribution is -1.95. The molecule has 0 N–H and O–H groups in total. The van der Waals surface area contributed by atoms with E-state index in [0.29, 0.717) is 13.4 Å². The monoisotopic (exact) mass is 366 g/mol. The normalized spacial score (nSPS) is 11.9. The van der Waals surface area contributed by atoms with Crippen molar-refractivity contribution in [1.29, 1.82) is 0 Å². The van der Waals surface area contributed by atoms with Gasteiger partial charge in [0, 0.05) is 7.11 Å². The second-order valence-corrected chi connectivity index (χ2v) is 7.33. The van der Waals surface area contributed by atoms with Gasteiger partial charge >= 0.3 is 0 Å². The zero-order valence-corrected chi connectivity index (χ0v) is 17.9. The van der Waals surface area contributed by atoms with Gasteiger partial charge in [-0.15, -0.1) is 0 Å². The molecule has 0 saturated carbocycles. The quantitative estimate of drug-likeness (QED) is 0.116. The molecule has 0 aliphatic heterocycles. The van der Waals surface area contributed by atoms with E-state index < -0.39 is 0 Å². The van der Waals surface area contributed by atoms with Gasteiger partial charge in [-0.3, -0.25) is 0 Å². The first kappa shape index (κ1) is 25.4. The molecule has 0 bridgehead atoms. The third-order valence-corrected chi connectivity index (χ3v) is 4.71. The Bertz CT molecular complexity index is 297. The molecule has 0 saturated heterocycles. The Morgan fingerprint density at radius 2 is 0.962 bits per heavy atom. The lowest BCUT2D eigenvalue weighted by atomic mass is 10.1. The van der Waals surface area contributed by atoms with Crippen LogP contribution in [0.3, 0.4) is 0 Å². The highest BCUT2D eigenvalue weighted by atomic mass is 16.7. The van der Waals surface area contributed by atoms with Gasteiger partial charge in [0.05, 0.1) is 6.61 Å². The summed E-state index contributed by atoms with van der Waals surface area (Å²) >= 11 is 0. The van der Waals surface area contributed by atoms with Crippen molar-refractivity contribution >= 4 is 0 Å². The molecule has 0 fully saturated rings. The molecule has 0 aromatic rings. The number of rotatable bonds is 21. The Labute approximate surface area is 164 Å². The third kappa shape index (κ3) is 23.4. The van der Waals surface area contributed by atoms with Gasteiger partial charge in [-0.25, -0.2) is 0 Å². The van der Waals surface area contributed by atoms with Gasteiger partial charge in [0.25, 0.3) is 0 Å². The summed E-state index contributed by atoms with van der Waals surface area (Å²) in [5.41, 5.74) is 0. The van der Waals surface area contributed by atoms with E-state index in [-0.39, 0.29) is 0 Å². The molecule has 0 heterocycles. The van der Waals surface area contributed by atoms with Gasteiger partial charge in [0.2, 0.25) is 0 Å². The van der Waals surface area contributed by atoms with Crippen molar-refractivity contribution in [3.63, 3.8) is 0 Å². The minimum atomic E-state index is 0.388. The Balaban J connectivity index is 3.09. The summed E-state index contributed by atoms with van der Waals surface area (Å²) in [7, 11) is 1.65. The van der Waals surface area contributed by atoms with E-state index in [4.69, 9.17) is 9.47 Å². The summed E-state index contributed by atoms with van der Waals surface area (Å²) in [4.78, 5) is 0. The molecule has 2 heteroatoms. The van der Waals surface area contributed by atoms with E-state index in [1.54, 1.807) is 7.11 Å². The third-order valence-electron chi connectivity index (χ3n) is 4.71. The molecule has 0 aromatic carbocycles. The molecule has 2 nitrogen and oxygen atoms in total. The number of unbranched alkanes of at least 4 members (excludes halogenated alkanes) is 14. The fourth-order valence-electron chi connectivity index (χ4n) is 3.07. The van der Waals surface area contributed by atoms with Crippen molar-refractivity contribution < 1.29 is 9.47 Å². The van der Waals surface area contributed by atoms with Crippen LogP contribution >= 0.6 is 0 Å². The van der Waals surface area contributed by atoms with Crippen LogP contribution in [0.4, 0.5) is 0 Å². The van der Waals surface area contributed by atoms with Gasteiger partial charge in [-0.05, 0) is 38.5 Å². The highest BCUT2D eigenvalue weighted by Gasteiger charge is 1.91. The van der Waals surface area contributed by atoms with E-state index in [0.717, 1.165) is 0 Å². The molecule has 0 spiro atoms. The predicted octanol–water partition coefficient (Wildman–Crippen LogP) is 7.98. The largest absolute Gasteiger partial charge is 0.359 e. The van der Waals surface area contributed by atoms with Crippen molar-refractivity contribution in [2.45, 2.75) is 110 Å². The van der Waals surface area contributed by atoms with Crippen LogP contribution in [0, 0.1) is 0 Å². The van der Waals surface area contributed by atoms with Crippen LogP contribution in [0.5, 0.6) is 0 Å². The maximum atomic E-state index is 5.21. The molecule has 26 heavy (non-hydrogen) atoms. The van der Waals surface area contributed by atoms with Crippen molar-refractivity contribution in [2.24, 2.45) is 0 Å². The van der Waals surface area contributed by atoms with E-state index in [1.165, 1.54) is 103 Å². The van der Waals surface area contributed by atoms with Crippen LogP contribution in [-0.4, -0.2) is 20.5 Å². The number of allylic oxidation sites excluding steroid dienone is 3. The lowest BCUT2D eigenvalue weighted by Gasteiger charge is -2.00. The second-order valence-electron chi connectivity index (χ2n) is 7.33. The standard InChI is InChI=1S/C24H46O2/c1-3-4-5-6-7-8-9-10-11-12-13-14-15-16-17-18-19-20-21-22-23-26-24-25-2/h10-11,21-22H,3-9,12-20,23-24H2,1-2H3/b11-10-,22-21+. The molecule has 0 radical (unpaired) electrons. The fourth-order valence-corrected chi connectivity index (χ4v) is 3.07. The highest BCUT2D eigenvalue weighted by Crippen LogP contribution is 2.11. The highest BCUT2D eigenvalue weighted by molar-refractivity contribution is 4.81. The first-order valence-electron chi connectivity index (χ1n) is 11.3. The molecular formula is C24H46O2. The predicted molar refractivity (Wildman–Crippen MR) is 116 cm³/mol. The summed E-state index contributed by atoms with van der Waals surface area (Å²) in [5, 5.41) is 0. The summed E-state index contributed by atoms with van der Waals surface area (Å²) in [5.74, 6) is 0. The second kappa shape index (κ2) is 24.4. The van der Waals surface area contributed by atoms with E-state index in [2.05, 4.69) is 31.2 Å². The van der Waals surface area contributed by atoms with Crippen LogP contribution in [-0.2, 0) is 9.47 Å². The molecular weight excluding hydrogens is 320 g/mol. The molecule has 0 aliphatic rings. The van der Waals surface area contributed by atoms with Gasteiger partial charge in [-0.1, -0.05) is 95.4 Å². The molecule has 0 aromatic heterocycles. The SMILES string of the molecule is CCCCCCCC/C=C\CCCCCCCCC/C=C/COCOC. The zero-order chi connectivity index (χ0) is 19.0. The minimum Gasteiger partial charge on any atom is -0.359 e. The summed E-state index contributed by atoms with van der Waals surface area (Å²) in [6.07, 6.45) is 31.0. The summed E-state index contributed by atoms with van der Waals surface area (Å²) in [6.45, 7) is 3.34. The molecule has 154 valence electrons. The van der Waals surface area contributed by atoms with E-state index >= 15 is 0 Å². The molecule has 0 unspecified atom stereocenters. The minimum absolute atomic E-state index is 0.388. The van der Waals surface area contributed by atoms with Crippen molar-refractivity contribution in [3.05, 3.63) is 24.3 Å². The number of hydrogen-bond donors (Lipinski definition) is 0. The molecule has 0 atom stereocenters. The maximum Gasteiger partial charge on any atom is 0.146 e. The fraction of sp³-hybridized carbons (Fsp3) is 0.833. The molecule has 0 aliphatic carbocycles. The maximum absolute atomic E-state index is 5.21. The first-order valence-corrected chi connectivity index (χ1v) is 11.3. The molecule has 0 amide bonds. The number of ether oxygens (including phenoxy) is 2. The van der Waals surface area contributed by atoms with E-state index in [1.807, 2.05) is 0 Å². The van der Waals surface area contributed by atoms with Crippen LogP contribution in [0.2, 0.25) is 0 Å². The van der Waals surface area contributed by atoms with E-state index in [9.17, 15) is 0 Å².